The molecule has 0 aromatic heterocycles. The van der Waals surface area contributed by atoms with Crippen LogP contribution in [0.1, 0.15) is 26.2 Å². The monoisotopic (exact) mass is 262 g/mol. The van der Waals surface area contributed by atoms with Crippen LogP contribution in [0.5, 0.6) is 0 Å². The normalized spacial score (nSPS) is 26.1. The highest BCUT2D eigenvalue weighted by molar-refractivity contribution is 5.75. The van der Waals surface area contributed by atoms with Crippen molar-refractivity contribution < 1.29 is 9.53 Å². The molecule has 1 heterocycles. The fourth-order valence-corrected chi connectivity index (χ4v) is 2.79. The van der Waals surface area contributed by atoms with E-state index < -0.39 is 6.04 Å². The van der Waals surface area contributed by atoms with Gasteiger partial charge in [0.05, 0.1) is 13.2 Å². The summed E-state index contributed by atoms with van der Waals surface area (Å²) in [6.07, 6.45) is 11.1. The van der Waals surface area contributed by atoms with Crippen molar-refractivity contribution in [3.05, 3.63) is 35.6 Å². The Morgan fingerprint density at radius 1 is 1.47 bits per heavy atom. The highest BCUT2D eigenvalue weighted by Crippen LogP contribution is 2.34. The number of ether oxygens (including phenoxy) is 1. The Labute approximate surface area is 114 Å². The van der Waals surface area contributed by atoms with Crippen LogP contribution in [0.4, 0.5) is 0 Å². The number of allylic oxidation sites excluding steroid dienone is 3. The number of rotatable bonds is 5. The molecule has 0 amide bonds. The van der Waals surface area contributed by atoms with Crippen molar-refractivity contribution >= 4 is 5.97 Å². The van der Waals surface area contributed by atoms with E-state index in [0.29, 0.717) is 18.4 Å². The Morgan fingerprint density at radius 3 is 2.89 bits per heavy atom. The van der Waals surface area contributed by atoms with Crippen molar-refractivity contribution in [3.63, 3.8) is 0 Å². The van der Waals surface area contributed by atoms with Gasteiger partial charge in [-0.1, -0.05) is 37.6 Å². The van der Waals surface area contributed by atoms with Crippen molar-refractivity contribution in [3.8, 4) is 0 Å². The zero-order chi connectivity index (χ0) is 13.8. The Hall–Kier alpha value is -1.55. The molecule has 2 rings (SSSR count). The number of methoxy groups -OCH3 is 1. The first-order valence-electron chi connectivity index (χ1n) is 6.84. The lowest BCUT2D eigenvalue weighted by Gasteiger charge is -2.20. The molecular formula is C15H22N2O2. The molecule has 3 N–H and O–H groups in total. The van der Waals surface area contributed by atoms with Crippen molar-refractivity contribution in [1.82, 2.24) is 5.32 Å². The second-order valence-electron chi connectivity index (χ2n) is 5.05. The molecule has 1 aliphatic carbocycles. The van der Waals surface area contributed by atoms with Gasteiger partial charge in [0.15, 0.2) is 0 Å². The molecule has 0 fully saturated rings. The molecule has 104 valence electrons. The van der Waals surface area contributed by atoms with Crippen LogP contribution in [0.25, 0.3) is 0 Å². The van der Waals surface area contributed by atoms with Crippen molar-refractivity contribution in [2.75, 3.05) is 7.11 Å². The lowest BCUT2D eigenvalue weighted by atomic mass is 9.87. The molecule has 19 heavy (non-hydrogen) atoms. The van der Waals surface area contributed by atoms with Gasteiger partial charge in [-0.15, -0.1) is 0 Å². The average molecular weight is 262 g/mol. The summed E-state index contributed by atoms with van der Waals surface area (Å²) >= 11 is 0. The molecule has 1 aliphatic heterocycles. The van der Waals surface area contributed by atoms with Crippen molar-refractivity contribution in [2.24, 2.45) is 11.7 Å². The Kier molecular flexibility index (Phi) is 4.43. The number of hydrogen-bond acceptors (Lipinski definition) is 4. The van der Waals surface area contributed by atoms with Gasteiger partial charge in [0, 0.05) is 11.6 Å². The molecule has 0 aromatic carbocycles. The van der Waals surface area contributed by atoms with Crippen LogP contribution in [-0.4, -0.2) is 25.2 Å². The summed E-state index contributed by atoms with van der Waals surface area (Å²) in [5, 5.41) is 3.54. The van der Waals surface area contributed by atoms with Gasteiger partial charge < -0.3 is 15.8 Å². The zero-order valence-electron chi connectivity index (χ0n) is 11.6. The maximum Gasteiger partial charge on any atom is 0.322 e. The average Bonchev–Trinajstić information content (AvgIpc) is 2.76. The van der Waals surface area contributed by atoms with E-state index >= 15 is 0 Å². The minimum Gasteiger partial charge on any atom is -0.468 e. The zero-order valence-corrected chi connectivity index (χ0v) is 11.6. The third-order valence-electron chi connectivity index (χ3n) is 3.71. The van der Waals surface area contributed by atoms with Gasteiger partial charge in [-0.3, -0.25) is 4.79 Å². The van der Waals surface area contributed by atoms with E-state index in [-0.39, 0.29) is 5.97 Å². The van der Waals surface area contributed by atoms with Crippen LogP contribution in [0, 0.1) is 5.92 Å². The van der Waals surface area contributed by atoms with E-state index in [1.165, 1.54) is 18.4 Å². The Balaban J connectivity index is 2.17. The van der Waals surface area contributed by atoms with Gasteiger partial charge in [0.25, 0.3) is 0 Å². The minimum atomic E-state index is -0.577. The highest BCUT2D eigenvalue weighted by atomic mass is 16.5. The predicted molar refractivity (Wildman–Crippen MR) is 75.2 cm³/mol. The fourth-order valence-electron chi connectivity index (χ4n) is 2.79. The van der Waals surface area contributed by atoms with Gasteiger partial charge in [0.1, 0.15) is 6.04 Å². The summed E-state index contributed by atoms with van der Waals surface area (Å²) in [5.41, 5.74) is 8.41. The predicted octanol–water partition coefficient (Wildman–Crippen LogP) is 1.64. The fraction of sp³-hybridized carbons (Fsp3) is 0.533. The summed E-state index contributed by atoms with van der Waals surface area (Å²) in [5.74, 6) is -0.0237. The molecule has 0 saturated carbocycles. The number of esters is 1. The Morgan fingerprint density at radius 2 is 2.21 bits per heavy atom. The molecule has 3 unspecified atom stereocenters. The molecule has 0 bridgehead atoms. The summed E-state index contributed by atoms with van der Waals surface area (Å²) in [4.78, 5) is 11.5. The molecule has 3 atom stereocenters. The van der Waals surface area contributed by atoms with Crippen LogP contribution in [0.2, 0.25) is 0 Å². The SMILES string of the molecule is CCCC1=C(CC(N)C(=O)OC)C2C=CC=CC2N1. The largest absolute Gasteiger partial charge is 0.468 e. The summed E-state index contributed by atoms with van der Waals surface area (Å²) in [6, 6.07) is -0.266. The van der Waals surface area contributed by atoms with Gasteiger partial charge >= 0.3 is 5.97 Å². The van der Waals surface area contributed by atoms with Crippen LogP contribution in [-0.2, 0) is 9.53 Å². The van der Waals surface area contributed by atoms with E-state index in [1.54, 1.807) is 0 Å². The van der Waals surface area contributed by atoms with Gasteiger partial charge in [-0.2, -0.15) is 0 Å². The second kappa shape index (κ2) is 6.06. The number of nitrogens with two attached hydrogens (primary N) is 1. The maximum absolute atomic E-state index is 11.5. The van der Waals surface area contributed by atoms with Gasteiger partial charge in [-0.05, 0) is 18.4 Å². The van der Waals surface area contributed by atoms with Crippen LogP contribution in [0.3, 0.4) is 0 Å². The summed E-state index contributed by atoms with van der Waals surface area (Å²) < 4.78 is 4.71. The third kappa shape index (κ3) is 2.89. The first kappa shape index (κ1) is 13.9. The number of carbonyl (C=O) groups is 1. The van der Waals surface area contributed by atoms with E-state index in [9.17, 15) is 4.79 Å². The Bertz CT molecular complexity index is 437. The second-order valence-corrected chi connectivity index (χ2v) is 5.05. The van der Waals surface area contributed by atoms with Crippen molar-refractivity contribution in [1.29, 1.82) is 0 Å². The van der Waals surface area contributed by atoms with E-state index in [1.807, 2.05) is 0 Å². The van der Waals surface area contributed by atoms with Gasteiger partial charge in [-0.25, -0.2) is 0 Å². The summed E-state index contributed by atoms with van der Waals surface area (Å²) in [7, 11) is 1.38. The highest BCUT2D eigenvalue weighted by Gasteiger charge is 2.33. The van der Waals surface area contributed by atoms with Crippen LogP contribution < -0.4 is 11.1 Å². The molecule has 0 radical (unpaired) electrons. The lowest BCUT2D eigenvalue weighted by Crippen LogP contribution is -2.33. The first-order valence-corrected chi connectivity index (χ1v) is 6.84. The quantitative estimate of drug-likeness (QED) is 0.739. The number of fused-ring (bicyclic) bond motifs is 1. The minimum absolute atomic E-state index is 0.311. The van der Waals surface area contributed by atoms with E-state index in [0.717, 1.165) is 12.8 Å². The molecule has 0 aromatic rings. The molecule has 2 aliphatic rings. The molecule has 4 nitrogen and oxygen atoms in total. The first-order chi connectivity index (χ1) is 9.17. The summed E-state index contributed by atoms with van der Waals surface area (Å²) in [6.45, 7) is 2.15. The van der Waals surface area contributed by atoms with E-state index in [2.05, 4.69) is 36.5 Å². The molecule has 0 saturated heterocycles. The molecule has 4 heteroatoms. The maximum atomic E-state index is 11.5. The number of hydrogen-bond donors (Lipinski definition) is 2. The third-order valence-corrected chi connectivity index (χ3v) is 3.71. The van der Waals surface area contributed by atoms with E-state index in [4.69, 9.17) is 10.5 Å². The van der Waals surface area contributed by atoms with Gasteiger partial charge in [0.2, 0.25) is 0 Å². The van der Waals surface area contributed by atoms with Crippen molar-refractivity contribution in [2.45, 2.75) is 38.3 Å². The smallest absolute Gasteiger partial charge is 0.322 e. The lowest BCUT2D eigenvalue weighted by molar-refractivity contribution is -0.142. The molecular weight excluding hydrogens is 240 g/mol. The van der Waals surface area contributed by atoms with Crippen LogP contribution in [0.15, 0.2) is 35.6 Å². The number of nitrogens with one attached hydrogen (secondary N) is 1. The topological polar surface area (TPSA) is 64.4 Å². The molecule has 0 spiro atoms. The number of carbonyl (C=O) groups excluding carboxylic acids is 1. The standard InChI is InChI=1S/C15H22N2O2/c1-3-6-13-11(9-12(16)15(18)19-2)10-7-4-5-8-14(10)17-13/h4-5,7-8,10,12,14,17H,3,6,9,16H2,1-2H3. The van der Waals surface area contributed by atoms with Crippen LogP contribution >= 0.6 is 0 Å².